The Kier molecular flexibility index (Phi) is 3.64. The van der Waals surface area contributed by atoms with E-state index in [4.69, 9.17) is 0 Å². The average Bonchev–Trinajstić information content (AvgIpc) is 2.14. The van der Waals surface area contributed by atoms with E-state index in [0.717, 1.165) is 6.29 Å². The van der Waals surface area contributed by atoms with E-state index in [1.54, 1.807) is 5.51 Å². The zero-order valence-corrected chi connectivity index (χ0v) is 6.43. The maximum Gasteiger partial charge on any atom is 0.161 e. The average molecular weight is 194 g/mol. The number of halogens is 1. The van der Waals surface area contributed by atoms with Crippen LogP contribution in [0.3, 0.4) is 0 Å². The standard InChI is InChI=1S/C4H3NOS.BrH/c6-2-4-1-5-3-7-4;/h1-3H;1H. The van der Waals surface area contributed by atoms with Gasteiger partial charge in [-0.05, 0) is 0 Å². The predicted octanol–water partition coefficient (Wildman–Crippen LogP) is 1.53. The molecule has 0 aromatic carbocycles. The molecule has 0 saturated carbocycles. The number of carbonyl (C=O) groups excluding carboxylic acids is 1. The van der Waals surface area contributed by atoms with Crippen LogP contribution >= 0.6 is 28.3 Å². The fourth-order valence-electron chi connectivity index (χ4n) is 0.284. The summed E-state index contributed by atoms with van der Waals surface area (Å²) in [5.41, 5.74) is 1.63. The molecule has 0 amide bonds. The number of thiazole rings is 1. The molecule has 0 radical (unpaired) electrons. The van der Waals surface area contributed by atoms with Crippen LogP contribution in [-0.4, -0.2) is 11.3 Å². The molecule has 1 rings (SSSR count). The third kappa shape index (κ3) is 1.71. The van der Waals surface area contributed by atoms with Gasteiger partial charge in [-0.1, -0.05) is 0 Å². The van der Waals surface area contributed by atoms with Crippen LogP contribution in [0.25, 0.3) is 0 Å². The Morgan fingerprint density at radius 1 is 1.75 bits per heavy atom. The first-order valence-electron chi connectivity index (χ1n) is 1.77. The molecule has 0 atom stereocenters. The van der Waals surface area contributed by atoms with Crippen molar-refractivity contribution in [2.45, 2.75) is 0 Å². The second-order valence-corrected chi connectivity index (χ2v) is 1.94. The molecule has 1 aromatic heterocycles. The Morgan fingerprint density at radius 3 is 2.75 bits per heavy atom. The fraction of sp³-hybridized carbons (Fsp3) is 0. The Balaban J connectivity index is 0.000000490. The number of rotatable bonds is 1. The molecule has 0 spiro atoms. The number of aromatic nitrogens is 1. The molecule has 0 aliphatic carbocycles. The van der Waals surface area contributed by atoms with E-state index < -0.39 is 0 Å². The van der Waals surface area contributed by atoms with Gasteiger partial charge in [0, 0.05) is 6.20 Å². The third-order valence-electron chi connectivity index (χ3n) is 0.568. The van der Waals surface area contributed by atoms with E-state index in [9.17, 15) is 4.79 Å². The number of nitrogens with zero attached hydrogens (tertiary/aromatic N) is 1. The van der Waals surface area contributed by atoms with Crippen LogP contribution < -0.4 is 0 Å². The second-order valence-electron chi connectivity index (χ2n) is 1.02. The van der Waals surface area contributed by atoms with Crippen molar-refractivity contribution in [2.24, 2.45) is 0 Å². The molecule has 2 nitrogen and oxygen atoms in total. The Labute approximate surface area is 61.3 Å². The molecule has 0 bridgehead atoms. The summed E-state index contributed by atoms with van der Waals surface area (Å²) in [7, 11) is 0. The normalized spacial score (nSPS) is 7.50. The number of hydrogen-bond donors (Lipinski definition) is 0. The summed E-state index contributed by atoms with van der Waals surface area (Å²) in [6, 6.07) is 0. The zero-order valence-electron chi connectivity index (χ0n) is 3.90. The summed E-state index contributed by atoms with van der Waals surface area (Å²) in [5.74, 6) is 0. The largest absolute Gasteiger partial charge is 0.297 e. The molecule has 8 heavy (non-hydrogen) atoms. The van der Waals surface area contributed by atoms with E-state index in [0.29, 0.717) is 4.88 Å². The summed E-state index contributed by atoms with van der Waals surface area (Å²) in [6.45, 7) is 0. The van der Waals surface area contributed by atoms with E-state index >= 15 is 0 Å². The minimum Gasteiger partial charge on any atom is -0.297 e. The van der Waals surface area contributed by atoms with Crippen molar-refractivity contribution in [3.63, 3.8) is 0 Å². The third-order valence-corrected chi connectivity index (χ3v) is 1.27. The molecule has 44 valence electrons. The highest BCUT2D eigenvalue weighted by Crippen LogP contribution is 1.99. The number of hydrogen-bond acceptors (Lipinski definition) is 3. The molecule has 0 aliphatic rings. The van der Waals surface area contributed by atoms with E-state index in [2.05, 4.69) is 4.98 Å². The summed E-state index contributed by atoms with van der Waals surface area (Å²) < 4.78 is 0. The molecular weight excluding hydrogens is 190 g/mol. The lowest BCUT2D eigenvalue weighted by atomic mass is 10.6. The van der Waals surface area contributed by atoms with Gasteiger partial charge in [0.05, 0.1) is 10.4 Å². The van der Waals surface area contributed by atoms with Gasteiger partial charge in [0.25, 0.3) is 0 Å². The summed E-state index contributed by atoms with van der Waals surface area (Å²) in [5, 5.41) is 0. The zero-order chi connectivity index (χ0) is 5.11. The minimum absolute atomic E-state index is 0. The lowest BCUT2D eigenvalue weighted by Crippen LogP contribution is -1.63. The summed E-state index contributed by atoms with van der Waals surface area (Å²) in [4.78, 5) is 14.2. The van der Waals surface area contributed by atoms with Gasteiger partial charge in [0.1, 0.15) is 0 Å². The van der Waals surface area contributed by atoms with Gasteiger partial charge in [-0.25, -0.2) is 0 Å². The fourth-order valence-corrected chi connectivity index (χ4v) is 0.705. The van der Waals surface area contributed by atoms with Gasteiger partial charge in [-0.3, -0.25) is 9.78 Å². The number of carbonyl (C=O) groups is 1. The van der Waals surface area contributed by atoms with Gasteiger partial charge in [-0.2, -0.15) is 0 Å². The second kappa shape index (κ2) is 3.74. The van der Waals surface area contributed by atoms with Gasteiger partial charge in [0.2, 0.25) is 0 Å². The van der Waals surface area contributed by atoms with Gasteiger partial charge < -0.3 is 0 Å². The Bertz CT molecular complexity index is 151. The highest BCUT2D eigenvalue weighted by Gasteiger charge is 1.84. The van der Waals surface area contributed by atoms with E-state index in [1.807, 2.05) is 0 Å². The smallest absolute Gasteiger partial charge is 0.161 e. The van der Waals surface area contributed by atoms with E-state index in [-0.39, 0.29) is 17.0 Å². The van der Waals surface area contributed by atoms with Crippen molar-refractivity contribution in [1.29, 1.82) is 0 Å². The molecule has 4 heteroatoms. The maximum absolute atomic E-state index is 9.84. The van der Waals surface area contributed by atoms with Crippen molar-refractivity contribution >= 4 is 34.6 Å². The van der Waals surface area contributed by atoms with Crippen molar-refractivity contribution in [3.05, 3.63) is 16.6 Å². The van der Waals surface area contributed by atoms with Crippen LogP contribution in [0.2, 0.25) is 0 Å². The molecule has 1 aromatic rings. The minimum atomic E-state index is 0. The summed E-state index contributed by atoms with van der Waals surface area (Å²) in [6.07, 6.45) is 2.33. The predicted molar refractivity (Wildman–Crippen MR) is 37.8 cm³/mol. The molecule has 0 fully saturated rings. The summed E-state index contributed by atoms with van der Waals surface area (Å²) >= 11 is 1.34. The van der Waals surface area contributed by atoms with Gasteiger partial charge in [0.15, 0.2) is 6.29 Å². The van der Waals surface area contributed by atoms with Crippen LogP contribution in [0.4, 0.5) is 0 Å². The molecule has 0 unspecified atom stereocenters. The van der Waals surface area contributed by atoms with Crippen molar-refractivity contribution in [2.75, 3.05) is 0 Å². The monoisotopic (exact) mass is 193 g/mol. The van der Waals surface area contributed by atoms with Crippen LogP contribution in [0.5, 0.6) is 0 Å². The Morgan fingerprint density at radius 2 is 2.50 bits per heavy atom. The van der Waals surface area contributed by atoms with E-state index in [1.165, 1.54) is 17.5 Å². The van der Waals surface area contributed by atoms with Gasteiger partial charge in [-0.15, -0.1) is 28.3 Å². The SMILES string of the molecule is Br.O=Cc1cncs1. The van der Waals surface area contributed by atoms with Crippen molar-refractivity contribution in [3.8, 4) is 0 Å². The molecule has 0 N–H and O–H groups in total. The topological polar surface area (TPSA) is 30.0 Å². The van der Waals surface area contributed by atoms with Crippen LogP contribution in [0.1, 0.15) is 9.67 Å². The lowest BCUT2D eigenvalue weighted by Gasteiger charge is -1.63. The molecule has 0 aliphatic heterocycles. The first-order chi connectivity index (χ1) is 3.43. The van der Waals surface area contributed by atoms with Gasteiger partial charge >= 0.3 is 0 Å². The molecular formula is C4H4BrNOS. The first-order valence-corrected chi connectivity index (χ1v) is 2.65. The van der Waals surface area contributed by atoms with Crippen molar-refractivity contribution < 1.29 is 4.79 Å². The van der Waals surface area contributed by atoms with Crippen LogP contribution in [0, 0.1) is 0 Å². The first kappa shape index (κ1) is 7.78. The van der Waals surface area contributed by atoms with Crippen molar-refractivity contribution in [1.82, 2.24) is 4.98 Å². The maximum atomic E-state index is 9.84. The number of aldehydes is 1. The highest BCUT2D eigenvalue weighted by atomic mass is 79.9. The molecule has 0 saturated heterocycles. The highest BCUT2D eigenvalue weighted by molar-refractivity contribution is 8.93. The van der Waals surface area contributed by atoms with Crippen LogP contribution in [-0.2, 0) is 0 Å². The lowest BCUT2D eigenvalue weighted by molar-refractivity contribution is 0.112. The Hall–Kier alpha value is -0.220. The quantitative estimate of drug-likeness (QED) is 0.634. The molecule has 1 heterocycles. The van der Waals surface area contributed by atoms with Crippen LogP contribution in [0.15, 0.2) is 11.7 Å².